The van der Waals surface area contributed by atoms with Crippen molar-refractivity contribution in [3.63, 3.8) is 0 Å². The standard InChI is InChI=1S/C24H26F3N5O3/c1-15-6-4-7-17(22(15)25)31-23-16-12-19(30-21(33)8-5-9-32(2)3)20(13-18(16)28-14-29-23)34-10-11-35-24(26)27/h4-8,12-14,24H,9-11H2,1-3H3,(H,30,33)(H,28,29,31)/b8-5+. The van der Waals surface area contributed by atoms with Crippen LogP contribution in [0.3, 0.4) is 0 Å². The Kier molecular flexibility index (Phi) is 8.98. The molecule has 0 bridgehead atoms. The van der Waals surface area contributed by atoms with Gasteiger partial charge in [0, 0.05) is 24.1 Å². The van der Waals surface area contributed by atoms with E-state index >= 15 is 0 Å². The maximum Gasteiger partial charge on any atom is 0.345 e. The quantitative estimate of drug-likeness (QED) is 0.303. The molecule has 11 heteroatoms. The van der Waals surface area contributed by atoms with Crippen molar-refractivity contribution >= 4 is 34.0 Å². The maximum atomic E-state index is 14.5. The summed E-state index contributed by atoms with van der Waals surface area (Å²) in [6.07, 6.45) is 4.35. The van der Waals surface area contributed by atoms with Gasteiger partial charge < -0.3 is 25.0 Å². The van der Waals surface area contributed by atoms with Crippen LogP contribution in [0.25, 0.3) is 10.9 Å². The first-order valence-electron chi connectivity index (χ1n) is 10.7. The van der Waals surface area contributed by atoms with Crippen LogP contribution in [0, 0.1) is 12.7 Å². The average molecular weight is 489 g/mol. The van der Waals surface area contributed by atoms with E-state index in [4.69, 9.17) is 4.74 Å². The average Bonchev–Trinajstić information content (AvgIpc) is 2.80. The van der Waals surface area contributed by atoms with Gasteiger partial charge in [-0.1, -0.05) is 18.2 Å². The number of benzene rings is 2. The SMILES string of the molecule is Cc1cccc(Nc2ncnc3cc(OCCOC(F)F)c(NC(=O)/C=C/CN(C)C)cc23)c1F. The highest BCUT2D eigenvalue weighted by Gasteiger charge is 2.15. The summed E-state index contributed by atoms with van der Waals surface area (Å²) < 4.78 is 48.9. The lowest BCUT2D eigenvalue weighted by Gasteiger charge is -2.15. The van der Waals surface area contributed by atoms with Gasteiger partial charge in [-0.2, -0.15) is 8.78 Å². The number of carbonyl (C=O) groups excluding carboxylic acids is 1. The third-order valence-electron chi connectivity index (χ3n) is 4.76. The second-order valence-electron chi connectivity index (χ2n) is 7.78. The molecule has 0 atom stereocenters. The first-order chi connectivity index (χ1) is 16.7. The van der Waals surface area contributed by atoms with Crippen LogP contribution < -0.4 is 15.4 Å². The third kappa shape index (κ3) is 7.39. The molecule has 3 aromatic rings. The molecule has 2 aromatic carbocycles. The van der Waals surface area contributed by atoms with Crippen LogP contribution in [-0.2, 0) is 9.53 Å². The van der Waals surface area contributed by atoms with Crippen LogP contribution >= 0.6 is 0 Å². The number of likely N-dealkylation sites (N-methyl/N-ethyl adjacent to an activating group) is 1. The number of hydrogen-bond acceptors (Lipinski definition) is 7. The summed E-state index contributed by atoms with van der Waals surface area (Å²) in [5, 5.41) is 6.17. The van der Waals surface area contributed by atoms with Crippen LogP contribution in [0.15, 0.2) is 48.8 Å². The third-order valence-corrected chi connectivity index (χ3v) is 4.76. The van der Waals surface area contributed by atoms with Crippen LogP contribution in [0.2, 0.25) is 0 Å². The van der Waals surface area contributed by atoms with E-state index in [-0.39, 0.29) is 30.3 Å². The maximum absolute atomic E-state index is 14.5. The second-order valence-corrected chi connectivity index (χ2v) is 7.78. The van der Waals surface area contributed by atoms with Gasteiger partial charge in [-0.15, -0.1) is 0 Å². The Morgan fingerprint density at radius 2 is 1.97 bits per heavy atom. The topological polar surface area (TPSA) is 88.6 Å². The fourth-order valence-electron chi connectivity index (χ4n) is 3.11. The van der Waals surface area contributed by atoms with E-state index in [0.29, 0.717) is 28.8 Å². The fraction of sp³-hybridized carbons (Fsp3) is 0.292. The van der Waals surface area contributed by atoms with E-state index < -0.39 is 18.3 Å². The first kappa shape index (κ1) is 25.9. The molecule has 1 amide bonds. The van der Waals surface area contributed by atoms with Gasteiger partial charge >= 0.3 is 6.61 Å². The minimum Gasteiger partial charge on any atom is -0.489 e. The molecular formula is C24H26F3N5O3. The Labute approximate surface area is 200 Å². The van der Waals surface area contributed by atoms with Crippen LogP contribution in [0.4, 0.5) is 30.4 Å². The van der Waals surface area contributed by atoms with Crippen LogP contribution in [0.1, 0.15) is 5.56 Å². The van der Waals surface area contributed by atoms with Gasteiger partial charge in [0.25, 0.3) is 0 Å². The summed E-state index contributed by atoms with van der Waals surface area (Å²) in [6.45, 7) is -1.24. The minimum atomic E-state index is -2.92. The Morgan fingerprint density at radius 3 is 2.71 bits per heavy atom. The molecule has 3 rings (SSSR count). The van der Waals surface area contributed by atoms with Gasteiger partial charge in [0.1, 0.15) is 30.3 Å². The number of aromatic nitrogens is 2. The van der Waals surface area contributed by atoms with Crippen molar-refractivity contribution < 1.29 is 27.4 Å². The smallest absolute Gasteiger partial charge is 0.345 e. The molecule has 2 N–H and O–H groups in total. The number of nitrogens with zero attached hydrogens (tertiary/aromatic N) is 3. The number of alkyl halides is 2. The van der Waals surface area contributed by atoms with E-state index in [0.717, 1.165) is 0 Å². The predicted molar refractivity (Wildman–Crippen MR) is 128 cm³/mol. The summed E-state index contributed by atoms with van der Waals surface area (Å²) in [5.74, 6) is -0.324. The Morgan fingerprint density at radius 1 is 1.17 bits per heavy atom. The molecule has 8 nitrogen and oxygen atoms in total. The molecule has 0 fully saturated rings. The number of fused-ring (bicyclic) bond motifs is 1. The fourth-order valence-corrected chi connectivity index (χ4v) is 3.11. The van der Waals surface area contributed by atoms with E-state index in [1.807, 2.05) is 19.0 Å². The highest BCUT2D eigenvalue weighted by Crippen LogP contribution is 2.34. The summed E-state index contributed by atoms with van der Waals surface area (Å²) >= 11 is 0. The summed E-state index contributed by atoms with van der Waals surface area (Å²) in [5.41, 5.74) is 1.39. The minimum absolute atomic E-state index is 0.181. The molecule has 0 aliphatic carbocycles. The lowest BCUT2D eigenvalue weighted by atomic mass is 10.1. The lowest BCUT2D eigenvalue weighted by Crippen LogP contribution is -2.14. The van der Waals surface area contributed by atoms with Gasteiger partial charge in [-0.25, -0.2) is 14.4 Å². The molecule has 0 saturated carbocycles. The van der Waals surface area contributed by atoms with Gasteiger partial charge in [0.2, 0.25) is 5.91 Å². The number of carbonyl (C=O) groups is 1. The van der Waals surface area contributed by atoms with Crippen LogP contribution in [-0.4, -0.2) is 61.2 Å². The van der Waals surface area contributed by atoms with Crippen molar-refractivity contribution in [2.45, 2.75) is 13.5 Å². The first-order valence-corrected chi connectivity index (χ1v) is 10.7. The Balaban J connectivity index is 1.95. The zero-order valence-corrected chi connectivity index (χ0v) is 19.5. The van der Waals surface area contributed by atoms with Crippen molar-refractivity contribution in [3.05, 3.63) is 60.2 Å². The molecule has 0 aliphatic rings. The largest absolute Gasteiger partial charge is 0.489 e. The van der Waals surface area contributed by atoms with Crippen molar-refractivity contribution in [3.8, 4) is 5.75 Å². The van der Waals surface area contributed by atoms with Crippen molar-refractivity contribution in [2.24, 2.45) is 0 Å². The normalized spacial score (nSPS) is 11.5. The van der Waals surface area contributed by atoms with E-state index in [1.54, 1.807) is 37.3 Å². The molecule has 0 saturated heterocycles. The molecule has 0 aliphatic heterocycles. The molecule has 35 heavy (non-hydrogen) atoms. The van der Waals surface area contributed by atoms with Gasteiger partial charge in [0.05, 0.1) is 23.5 Å². The van der Waals surface area contributed by atoms with Crippen molar-refractivity contribution in [2.75, 3.05) is 44.5 Å². The summed E-state index contributed by atoms with van der Waals surface area (Å²) in [7, 11) is 3.73. The molecule has 0 radical (unpaired) electrons. The highest BCUT2D eigenvalue weighted by atomic mass is 19.3. The molecule has 0 unspecified atom stereocenters. The van der Waals surface area contributed by atoms with E-state index in [2.05, 4.69) is 25.3 Å². The van der Waals surface area contributed by atoms with Gasteiger partial charge in [0.15, 0.2) is 0 Å². The van der Waals surface area contributed by atoms with Crippen LogP contribution in [0.5, 0.6) is 5.75 Å². The number of anilines is 3. The zero-order valence-electron chi connectivity index (χ0n) is 19.5. The number of amides is 1. The monoisotopic (exact) mass is 489 g/mol. The van der Waals surface area contributed by atoms with Gasteiger partial charge in [-0.05, 0) is 38.7 Å². The number of ether oxygens (including phenoxy) is 2. The molecule has 1 heterocycles. The second kappa shape index (κ2) is 12.1. The highest BCUT2D eigenvalue weighted by molar-refractivity contribution is 6.03. The van der Waals surface area contributed by atoms with E-state index in [1.165, 1.54) is 18.5 Å². The van der Waals surface area contributed by atoms with Gasteiger partial charge in [-0.3, -0.25) is 4.79 Å². The number of nitrogens with one attached hydrogen (secondary N) is 2. The summed E-state index contributed by atoms with van der Waals surface area (Å²) in [4.78, 5) is 22.8. The Hall–Kier alpha value is -3.70. The number of halogens is 3. The zero-order chi connectivity index (χ0) is 25.4. The predicted octanol–water partition coefficient (Wildman–Crippen LogP) is 4.50. The molecular weight excluding hydrogens is 463 g/mol. The van der Waals surface area contributed by atoms with Crippen molar-refractivity contribution in [1.82, 2.24) is 14.9 Å². The number of aryl methyl sites for hydroxylation is 1. The molecule has 0 spiro atoms. The summed E-state index contributed by atoms with van der Waals surface area (Å²) in [6, 6.07) is 8.05. The molecule has 1 aromatic heterocycles. The Bertz CT molecular complexity index is 1200. The van der Waals surface area contributed by atoms with Crippen molar-refractivity contribution in [1.29, 1.82) is 0 Å². The number of rotatable bonds is 11. The molecule has 186 valence electrons. The number of hydrogen-bond donors (Lipinski definition) is 2. The van der Waals surface area contributed by atoms with E-state index in [9.17, 15) is 18.0 Å². The lowest BCUT2D eigenvalue weighted by molar-refractivity contribution is -0.133.